The quantitative estimate of drug-likeness (QED) is 0.309. The SMILES string of the molecule is O=C(O)CC(O)(CC(=O)O)C(=O)O.[BiH3].[Ca+2].[Ca+2].[H-].[H-].[H-].[H-]. The molecule has 0 aliphatic rings. The van der Waals surface area contributed by atoms with Gasteiger partial charge in [-0.3, -0.25) is 9.59 Å². The van der Waals surface area contributed by atoms with Crippen LogP contribution in [0.1, 0.15) is 18.5 Å². The summed E-state index contributed by atoms with van der Waals surface area (Å²) < 4.78 is 0. The van der Waals surface area contributed by atoms with Gasteiger partial charge in [-0.15, -0.1) is 0 Å². The van der Waals surface area contributed by atoms with Crippen molar-refractivity contribution < 1.29 is 40.5 Å². The molecule has 0 radical (unpaired) electrons. The number of carbonyl (C=O) groups is 3. The largest absolute Gasteiger partial charge is 2.00 e. The van der Waals surface area contributed by atoms with Crippen LogP contribution in [0, 0.1) is 0 Å². The number of rotatable bonds is 5. The molecule has 0 aromatic carbocycles. The van der Waals surface area contributed by atoms with Gasteiger partial charge in [-0.1, -0.05) is 0 Å². The van der Waals surface area contributed by atoms with Crippen LogP contribution in [0.2, 0.25) is 0 Å². The van der Waals surface area contributed by atoms with Gasteiger partial charge in [0.1, 0.15) is 0 Å². The second-order valence-corrected chi connectivity index (χ2v) is 2.48. The van der Waals surface area contributed by atoms with Crippen molar-refractivity contribution in [3.05, 3.63) is 0 Å². The van der Waals surface area contributed by atoms with E-state index in [1.165, 1.54) is 0 Å². The van der Waals surface area contributed by atoms with Crippen LogP contribution in [0.25, 0.3) is 0 Å². The summed E-state index contributed by atoms with van der Waals surface area (Å²) >= 11 is 0. The fourth-order valence-electron chi connectivity index (χ4n) is 0.714. The van der Waals surface area contributed by atoms with Crippen LogP contribution in [0.3, 0.4) is 0 Å². The second kappa shape index (κ2) is 11.8. The van der Waals surface area contributed by atoms with Gasteiger partial charge in [-0.25, -0.2) is 4.79 Å². The van der Waals surface area contributed by atoms with Gasteiger partial charge < -0.3 is 26.1 Å². The molecule has 0 saturated heterocycles. The summed E-state index contributed by atoms with van der Waals surface area (Å²) in [5, 5.41) is 33.8. The molecule has 0 heterocycles. The third kappa shape index (κ3) is 10.9. The molecule has 0 aromatic heterocycles. The van der Waals surface area contributed by atoms with E-state index in [0.717, 1.165) is 0 Å². The van der Waals surface area contributed by atoms with E-state index in [4.69, 9.17) is 20.4 Å². The Morgan fingerprint density at radius 1 is 0.938 bits per heavy atom. The molecule has 0 bridgehead atoms. The molecule has 10 heteroatoms. The van der Waals surface area contributed by atoms with E-state index in [2.05, 4.69) is 0 Å². The molecule has 4 N–H and O–H groups in total. The van der Waals surface area contributed by atoms with Gasteiger partial charge in [0.15, 0.2) is 5.60 Å². The van der Waals surface area contributed by atoms with E-state index < -0.39 is 36.4 Å². The second-order valence-electron chi connectivity index (χ2n) is 2.48. The maximum Gasteiger partial charge on any atom is 2.00 e. The Morgan fingerprint density at radius 2 is 1.19 bits per heavy atom. The number of carboxylic acid groups (broad SMARTS) is 3. The Morgan fingerprint density at radius 3 is 1.31 bits per heavy atom. The van der Waals surface area contributed by atoms with Crippen LogP contribution >= 0.6 is 0 Å². The van der Waals surface area contributed by atoms with Gasteiger partial charge in [0.05, 0.1) is 12.8 Å². The first-order chi connectivity index (χ1) is 5.78. The molecule has 0 atom stereocenters. The Kier molecular flexibility index (Phi) is 19.5. The first-order valence-corrected chi connectivity index (χ1v) is 3.17. The van der Waals surface area contributed by atoms with Crippen molar-refractivity contribution in [2.45, 2.75) is 18.4 Å². The van der Waals surface area contributed by atoms with Crippen molar-refractivity contribution in [1.29, 1.82) is 0 Å². The van der Waals surface area contributed by atoms with Crippen molar-refractivity contribution in [3.63, 3.8) is 0 Å². The zero-order valence-electron chi connectivity index (χ0n) is 12.5. The van der Waals surface area contributed by atoms with Crippen LogP contribution in [-0.2, 0) is 14.4 Å². The summed E-state index contributed by atoms with van der Waals surface area (Å²) in [6, 6.07) is 0. The maximum atomic E-state index is 10.3. The molecule has 7 nitrogen and oxygen atoms in total. The van der Waals surface area contributed by atoms with Crippen LogP contribution in [0.5, 0.6) is 0 Å². The third-order valence-electron chi connectivity index (χ3n) is 1.29. The molecule has 0 aliphatic carbocycles. The van der Waals surface area contributed by atoms with Gasteiger partial charge in [0.25, 0.3) is 0 Å². The minimum absolute atomic E-state index is 0. The average molecular weight is 488 g/mol. The summed E-state index contributed by atoms with van der Waals surface area (Å²) in [6.45, 7) is 0. The maximum absolute atomic E-state index is 10.3. The Labute approximate surface area is 176 Å². The minimum Gasteiger partial charge on any atom is -1.00 e. The van der Waals surface area contributed by atoms with Crippen LogP contribution in [0.15, 0.2) is 0 Å². The van der Waals surface area contributed by atoms with E-state index in [9.17, 15) is 14.4 Å². The Balaban J connectivity index is -0.0000000343. The topological polar surface area (TPSA) is 132 Å². The molecule has 0 rings (SSSR count). The summed E-state index contributed by atoms with van der Waals surface area (Å²) in [4.78, 5) is 30.5. The molecule has 0 spiro atoms. The first kappa shape index (κ1) is 26.4. The molecule has 0 unspecified atom stereocenters. The van der Waals surface area contributed by atoms with E-state index in [1.54, 1.807) is 0 Å². The standard InChI is InChI=1S/C6H8O7.Bi.2Ca.7H/c7-3(8)1-6(13,5(11)12)2-4(9)10;;;;;;;;;;/h13H,1-2H2,(H,7,8)(H,9,10)(H,11,12);;;;;;;;;;/q;;2*+2;;;;4*-1. The number of aliphatic hydroxyl groups is 1. The van der Waals surface area contributed by atoms with E-state index in [1.807, 2.05) is 0 Å². The van der Waals surface area contributed by atoms with Crippen molar-refractivity contribution >= 4 is 120 Å². The van der Waals surface area contributed by atoms with Gasteiger partial charge in [0.2, 0.25) is 0 Å². The number of aliphatic carboxylic acids is 3. The van der Waals surface area contributed by atoms with E-state index >= 15 is 0 Å². The summed E-state index contributed by atoms with van der Waals surface area (Å²) in [5.74, 6) is -5.02. The van der Waals surface area contributed by atoms with Crippen LogP contribution in [0.4, 0.5) is 0 Å². The van der Waals surface area contributed by atoms with Crippen molar-refractivity contribution in [3.8, 4) is 0 Å². The third-order valence-corrected chi connectivity index (χ3v) is 1.29. The monoisotopic (exact) mass is 488 g/mol. The molecular weight excluding hydrogens is 473 g/mol. The zero-order chi connectivity index (χ0) is 10.6. The Hall–Kier alpha value is 1.77. The number of hydrogen-bond donors (Lipinski definition) is 4. The molecule has 0 amide bonds. The minimum atomic E-state index is -2.74. The van der Waals surface area contributed by atoms with E-state index in [0.29, 0.717) is 0 Å². The number of carboxylic acids is 3. The predicted octanol–water partition coefficient (Wildman–Crippen LogP) is -2.74. The molecular formula is C6H15BiCa2O7. The fourth-order valence-corrected chi connectivity index (χ4v) is 0.714. The summed E-state index contributed by atoms with van der Waals surface area (Å²) in [7, 11) is 0. The van der Waals surface area contributed by atoms with Crippen LogP contribution in [-0.4, -0.2) is 146 Å². The van der Waals surface area contributed by atoms with Crippen molar-refractivity contribution in [1.82, 2.24) is 0 Å². The van der Waals surface area contributed by atoms with Gasteiger partial charge >= 0.3 is 120 Å². The summed E-state index contributed by atoms with van der Waals surface area (Å²) in [6.07, 6.45) is -2.29. The molecule has 16 heavy (non-hydrogen) atoms. The molecule has 0 saturated carbocycles. The van der Waals surface area contributed by atoms with Gasteiger partial charge in [-0.05, 0) is 0 Å². The van der Waals surface area contributed by atoms with Crippen molar-refractivity contribution in [2.75, 3.05) is 0 Å². The Bertz CT molecular complexity index is 256. The fraction of sp³-hybridized carbons (Fsp3) is 0.500. The van der Waals surface area contributed by atoms with Crippen molar-refractivity contribution in [2.24, 2.45) is 0 Å². The molecule has 0 fully saturated rings. The van der Waals surface area contributed by atoms with Gasteiger partial charge in [0, 0.05) is 0 Å². The normalized spacial score (nSPS) is 8.81. The molecule has 90 valence electrons. The molecule has 0 aromatic rings. The van der Waals surface area contributed by atoms with Gasteiger partial charge in [-0.2, -0.15) is 0 Å². The first-order valence-electron chi connectivity index (χ1n) is 3.17. The predicted molar refractivity (Wildman–Crippen MR) is 63.0 cm³/mol. The zero-order valence-corrected chi connectivity index (χ0v) is 18.5. The average Bonchev–Trinajstić information content (AvgIpc) is 1.82. The number of hydrogen-bond acceptors (Lipinski definition) is 4. The molecule has 0 aliphatic heterocycles. The van der Waals surface area contributed by atoms with Crippen LogP contribution < -0.4 is 0 Å². The summed E-state index contributed by atoms with van der Waals surface area (Å²) in [5.41, 5.74) is -2.74. The van der Waals surface area contributed by atoms with E-state index in [-0.39, 0.29) is 107 Å². The smallest absolute Gasteiger partial charge is 1.00 e.